The third-order valence-corrected chi connectivity index (χ3v) is 2.37. The molecule has 0 unspecified atom stereocenters. The zero-order chi connectivity index (χ0) is 10.7. The van der Waals surface area contributed by atoms with Gasteiger partial charge in [0.1, 0.15) is 11.8 Å². The maximum Gasteiger partial charge on any atom is 0.165 e. The Morgan fingerprint density at radius 3 is 2.93 bits per heavy atom. The molecule has 0 bridgehead atoms. The minimum atomic E-state index is 0.375. The van der Waals surface area contributed by atoms with E-state index in [1.807, 2.05) is 16.7 Å². The largest absolute Gasteiger partial charge is 0.311 e. The van der Waals surface area contributed by atoms with Gasteiger partial charge >= 0.3 is 0 Å². The van der Waals surface area contributed by atoms with Crippen LogP contribution in [0.2, 0.25) is 5.15 Å². The smallest absolute Gasteiger partial charge is 0.165 e. The molecule has 15 heavy (non-hydrogen) atoms. The average molecular weight is 243 g/mol. The van der Waals surface area contributed by atoms with E-state index in [0.29, 0.717) is 23.1 Å². The first-order valence-electron chi connectivity index (χ1n) is 4.35. The second-order valence-electron chi connectivity index (χ2n) is 2.86. The Morgan fingerprint density at radius 2 is 2.13 bits per heavy atom. The quantitative estimate of drug-likeness (QED) is 0.472. The number of nitrogens with zero attached hydrogens (tertiary/aromatic N) is 4. The molecule has 0 fully saturated rings. The van der Waals surface area contributed by atoms with E-state index in [-0.39, 0.29) is 0 Å². The number of halogens is 2. The number of imidazole rings is 1. The Kier molecular flexibility index (Phi) is 3.18. The molecule has 0 aliphatic rings. The predicted molar refractivity (Wildman–Crippen MR) is 60.2 cm³/mol. The summed E-state index contributed by atoms with van der Waals surface area (Å²) < 4.78 is 1.88. The molecular formula is C9H8Cl2N4. The Bertz CT molecular complexity index is 492. The predicted octanol–water partition coefficient (Wildman–Crippen LogP) is 2.27. The van der Waals surface area contributed by atoms with Crippen molar-refractivity contribution < 1.29 is 0 Å². The van der Waals surface area contributed by atoms with E-state index in [2.05, 4.69) is 15.0 Å². The van der Waals surface area contributed by atoms with Crippen LogP contribution in [-0.4, -0.2) is 25.4 Å². The summed E-state index contributed by atoms with van der Waals surface area (Å²) in [4.78, 5) is 12.1. The van der Waals surface area contributed by atoms with Crippen LogP contribution >= 0.6 is 23.2 Å². The summed E-state index contributed by atoms with van der Waals surface area (Å²) in [7, 11) is 0. The van der Waals surface area contributed by atoms with Gasteiger partial charge in [0.2, 0.25) is 0 Å². The molecule has 4 nitrogen and oxygen atoms in total. The van der Waals surface area contributed by atoms with Crippen molar-refractivity contribution in [3.8, 4) is 0 Å². The molecule has 0 aliphatic heterocycles. The van der Waals surface area contributed by atoms with Crippen molar-refractivity contribution in [1.82, 2.24) is 19.5 Å². The van der Waals surface area contributed by atoms with Crippen molar-refractivity contribution in [2.75, 3.05) is 5.88 Å². The Hall–Kier alpha value is -1.13. The van der Waals surface area contributed by atoms with Crippen molar-refractivity contribution in [2.24, 2.45) is 0 Å². The normalized spacial score (nSPS) is 11.6. The maximum atomic E-state index is 5.87. The summed E-state index contributed by atoms with van der Waals surface area (Å²) in [6.45, 7) is 0.677. The number of allylic oxidation sites excluding steroid dienone is 2. The van der Waals surface area contributed by atoms with Gasteiger partial charge in [0.15, 0.2) is 10.8 Å². The van der Waals surface area contributed by atoms with Gasteiger partial charge in [-0.2, -0.15) is 0 Å². The minimum absolute atomic E-state index is 0.375. The highest BCUT2D eigenvalue weighted by atomic mass is 35.5. The van der Waals surface area contributed by atoms with Gasteiger partial charge in [0, 0.05) is 12.4 Å². The van der Waals surface area contributed by atoms with E-state index < -0.39 is 0 Å². The molecule has 0 aromatic carbocycles. The highest BCUT2D eigenvalue weighted by Gasteiger charge is 2.06. The molecule has 0 aliphatic carbocycles. The first-order valence-corrected chi connectivity index (χ1v) is 5.26. The fourth-order valence-corrected chi connectivity index (χ4v) is 1.54. The van der Waals surface area contributed by atoms with Crippen LogP contribution in [0.4, 0.5) is 0 Å². The van der Waals surface area contributed by atoms with E-state index in [4.69, 9.17) is 23.2 Å². The summed E-state index contributed by atoms with van der Waals surface area (Å²) in [5, 5.41) is 0.375. The van der Waals surface area contributed by atoms with Crippen molar-refractivity contribution in [1.29, 1.82) is 0 Å². The van der Waals surface area contributed by atoms with Crippen LogP contribution in [0, 0.1) is 0 Å². The van der Waals surface area contributed by atoms with Crippen molar-refractivity contribution in [2.45, 2.75) is 6.54 Å². The number of hydrogen-bond acceptors (Lipinski definition) is 3. The lowest BCUT2D eigenvalue weighted by Gasteiger charge is -1.97. The number of aromatic nitrogens is 4. The molecular weight excluding hydrogens is 235 g/mol. The molecule has 0 saturated heterocycles. The number of rotatable bonds is 3. The van der Waals surface area contributed by atoms with Gasteiger partial charge in [0.25, 0.3) is 0 Å². The molecule has 0 spiro atoms. The molecule has 0 radical (unpaired) electrons. The molecule has 2 aromatic heterocycles. The van der Waals surface area contributed by atoms with E-state index >= 15 is 0 Å². The van der Waals surface area contributed by atoms with Gasteiger partial charge in [0.05, 0.1) is 6.33 Å². The molecule has 78 valence electrons. The van der Waals surface area contributed by atoms with Crippen molar-refractivity contribution >= 4 is 34.4 Å². The van der Waals surface area contributed by atoms with Crippen LogP contribution in [0.15, 0.2) is 24.8 Å². The first-order chi connectivity index (χ1) is 7.33. The van der Waals surface area contributed by atoms with Crippen LogP contribution in [0.3, 0.4) is 0 Å². The summed E-state index contributed by atoms with van der Waals surface area (Å²) in [5.74, 6) is 0.502. The molecule has 2 rings (SSSR count). The van der Waals surface area contributed by atoms with Crippen LogP contribution in [0.1, 0.15) is 0 Å². The standard InChI is InChI=1S/C9H8Cl2N4/c10-3-1-2-4-15-6-14-7-8(11)12-5-13-9(7)15/h1-2,5-6H,3-4H2/b2-1+. The number of alkyl halides is 1. The van der Waals surface area contributed by atoms with Crippen LogP contribution in [0.25, 0.3) is 11.2 Å². The summed E-state index contributed by atoms with van der Waals surface area (Å²) >= 11 is 11.4. The topological polar surface area (TPSA) is 43.6 Å². The Morgan fingerprint density at radius 1 is 1.27 bits per heavy atom. The molecule has 2 aromatic rings. The van der Waals surface area contributed by atoms with Gasteiger partial charge < -0.3 is 4.57 Å². The van der Waals surface area contributed by atoms with Gasteiger partial charge in [-0.15, -0.1) is 11.6 Å². The third kappa shape index (κ3) is 2.11. The molecule has 2 heterocycles. The molecule has 0 N–H and O–H groups in total. The molecule has 0 saturated carbocycles. The van der Waals surface area contributed by atoms with Crippen LogP contribution in [0.5, 0.6) is 0 Å². The Labute approximate surface area is 96.6 Å². The van der Waals surface area contributed by atoms with E-state index in [0.717, 1.165) is 5.65 Å². The molecule has 6 heteroatoms. The monoisotopic (exact) mass is 242 g/mol. The van der Waals surface area contributed by atoms with Gasteiger partial charge in [-0.1, -0.05) is 23.8 Å². The number of fused-ring (bicyclic) bond motifs is 1. The molecule has 0 amide bonds. The maximum absolute atomic E-state index is 5.87. The highest BCUT2D eigenvalue weighted by Crippen LogP contribution is 2.16. The lowest BCUT2D eigenvalue weighted by atomic mass is 10.5. The third-order valence-electron chi connectivity index (χ3n) is 1.91. The average Bonchev–Trinajstić information content (AvgIpc) is 2.64. The van der Waals surface area contributed by atoms with E-state index in [1.165, 1.54) is 6.33 Å². The first kappa shape index (κ1) is 10.4. The van der Waals surface area contributed by atoms with Gasteiger partial charge in [-0.05, 0) is 0 Å². The van der Waals surface area contributed by atoms with Crippen LogP contribution < -0.4 is 0 Å². The summed E-state index contributed by atoms with van der Waals surface area (Å²) in [6.07, 6.45) is 6.93. The fourth-order valence-electron chi connectivity index (χ4n) is 1.24. The lowest BCUT2D eigenvalue weighted by Crippen LogP contribution is -1.95. The fraction of sp³-hybridized carbons (Fsp3) is 0.222. The SMILES string of the molecule is ClC/C=C/Cn1cnc2c(Cl)ncnc21. The zero-order valence-corrected chi connectivity index (χ0v) is 9.28. The van der Waals surface area contributed by atoms with Crippen molar-refractivity contribution in [3.63, 3.8) is 0 Å². The second-order valence-corrected chi connectivity index (χ2v) is 3.53. The van der Waals surface area contributed by atoms with Crippen LogP contribution in [-0.2, 0) is 6.54 Å². The second kappa shape index (κ2) is 4.59. The van der Waals surface area contributed by atoms with Gasteiger partial charge in [-0.3, -0.25) is 0 Å². The van der Waals surface area contributed by atoms with E-state index in [9.17, 15) is 0 Å². The Balaban J connectivity index is 2.37. The van der Waals surface area contributed by atoms with Gasteiger partial charge in [-0.25, -0.2) is 15.0 Å². The number of hydrogen-bond donors (Lipinski definition) is 0. The summed E-state index contributed by atoms with van der Waals surface area (Å²) in [5.41, 5.74) is 1.35. The highest BCUT2D eigenvalue weighted by molar-refractivity contribution is 6.33. The zero-order valence-electron chi connectivity index (χ0n) is 7.77. The van der Waals surface area contributed by atoms with Crippen molar-refractivity contribution in [3.05, 3.63) is 30.0 Å². The van der Waals surface area contributed by atoms with E-state index in [1.54, 1.807) is 6.33 Å². The summed E-state index contributed by atoms with van der Waals surface area (Å²) in [6, 6.07) is 0. The minimum Gasteiger partial charge on any atom is -0.311 e. The molecule has 0 atom stereocenters. The lowest BCUT2D eigenvalue weighted by molar-refractivity contribution is 0.835.